The monoisotopic (exact) mass is 251 g/mol. The molecule has 4 nitrogen and oxygen atoms in total. The van der Waals surface area contributed by atoms with Gasteiger partial charge in [-0.3, -0.25) is 9.69 Å². The number of amides is 1. The minimum atomic E-state index is -1.08. The fraction of sp³-hybridized carbons (Fsp3) is 0.333. The van der Waals surface area contributed by atoms with Crippen molar-refractivity contribution in [3.63, 3.8) is 0 Å². The number of carboxylic acid groups (broad SMARTS) is 1. The van der Waals surface area contributed by atoms with Gasteiger partial charge >= 0.3 is 6.09 Å². The number of fused-ring (bicyclic) bond motifs is 1. The molecule has 1 unspecified atom stereocenters. The van der Waals surface area contributed by atoms with Crippen LogP contribution in [-0.4, -0.2) is 28.8 Å². The van der Waals surface area contributed by atoms with Gasteiger partial charge in [-0.1, -0.05) is 18.2 Å². The molecule has 0 saturated carbocycles. The lowest BCUT2D eigenvalue weighted by molar-refractivity contribution is -0.119. The van der Waals surface area contributed by atoms with E-state index >= 15 is 0 Å². The Balaban J connectivity index is 2.33. The first-order chi connectivity index (χ1) is 8.15. The number of Topliss-reactive ketones (excluding diaryl/α,β-unsaturated/α-hetero) is 1. The second kappa shape index (κ2) is 4.79. The van der Waals surface area contributed by atoms with Crippen molar-refractivity contribution in [2.75, 3.05) is 10.7 Å². The first-order valence-corrected chi connectivity index (χ1v) is 6.02. The molecule has 90 valence electrons. The summed E-state index contributed by atoms with van der Waals surface area (Å²) in [5.41, 5.74) is 1.53. The molecule has 0 aliphatic carbocycles. The molecule has 5 heteroatoms. The number of para-hydroxylation sites is 1. The highest BCUT2D eigenvalue weighted by atomic mass is 32.1. The summed E-state index contributed by atoms with van der Waals surface area (Å²) in [6.07, 6.45) is -0.312. The van der Waals surface area contributed by atoms with Crippen molar-refractivity contribution in [3.8, 4) is 0 Å². The molecule has 1 heterocycles. The van der Waals surface area contributed by atoms with Crippen LogP contribution in [0.25, 0.3) is 0 Å². The van der Waals surface area contributed by atoms with E-state index in [2.05, 4.69) is 12.6 Å². The third-order valence-corrected chi connectivity index (χ3v) is 3.14. The van der Waals surface area contributed by atoms with Gasteiger partial charge in [0.2, 0.25) is 0 Å². The summed E-state index contributed by atoms with van der Waals surface area (Å²) in [6.45, 7) is 0. The van der Waals surface area contributed by atoms with Crippen LogP contribution in [0, 0.1) is 0 Å². The van der Waals surface area contributed by atoms with Crippen molar-refractivity contribution >= 4 is 30.2 Å². The van der Waals surface area contributed by atoms with E-state index in [-0.39, 0.29) is 5.78 Å². The molecule has 1 amide bonds. The zero-order chi connectivity index (χ0) is 12.4. The van der Waals surface area contributed by atoms with Crippen LogP contribution in [0.3, 0.4) is 0 Å². The van der Waals surface area contributed by atoms with Gasteiger partial charge in [-0.15, -0.1) is 0 Å². The van der Waals surface area contributed by atoms with Gasteiger partial charge in [0.25, 0.3) is 0 Å². The standard InChI is InChI=1S/C12H13NO3S/c14-11(5-6-17)10-7-8-3-1-2-4-9(8)13(10)12(15)16/h1-4,10,17H,5-7H2,(H,15,16). The highest BCUT2D eigenvalue weighted by molar-refractivity contribution is 7.80. The Kier molecular flexibility index (Phi) is 3.38. The zero-order valence-electron chi connectivity index (χ0n) is 9.17. The number of anilines is 1. The quantitative estimate of drug-likeness (QED) is 0.808. The topological polar surface area (TPSA) is 57.6 Å². The maximum Gasteiger partial charge on any atom is 0.412 e. The Hall–Kier alpha value is -1.49. The summed E-state index contributed by atoms with van der Waals surface area (Å²) in [5, 5.41) is 9.20. The SMILES string of the molecule is O=C(CCS)C1Cc2ccccc2N1C(=O)O. The van der Waals surface area contributed by atoms with Crippen molar-refractivity contribution in [1.82, 2.24) is 0 Å². The summed E-state index contributed by atoms with van der Waals surface area (Å²) >= 11 is 4.01. The molecule has 0 fully saturated rings. The molecule has 1 N–H and O–H groups in total. The molecule has 1 aliphatic heterocycles. The van der Waals surface area contributed by atoms with E-state index in [1.807, 2.05) is 12.1 Å². The third-order valence-electron chi connectivity index (χ3n) is 2.91. The van der Waals surface area contributed by atoms with Gasteiger partial charge < -0.3 is 5.11 Å². The average molecular weight is 251 g/mol. The summed E-state index contributed by atoms with van der Waals surface area (Å²) in [6, 6.07) is 6.64. The van der Waals surface area contributed by atoms with Crippen molar-refractivity contribution in [3.05, 3.63) is 29.8 Å². The minimum absolute atomic E-state index is 0.0707. The highest BCUT2D eigenvalue weighted by Crippen LogP contribution is 2.32. The summed E-state index contributed by atoms with van der Waals surface area (Å²) in [4.78, 5) is 24.3. The fourth-order valence-corrected chi connectivity index (χ4v) is 2.38. The van der Waals surface area contributed by atoms with E-state index < -0.39 is 12.1 Å². The summed E-state index contributed by atoms with van der Waals surface area (Å²) < 4.78 is 0. The van der Waals surface area contributed by atoms with E-state index in [9.17, 15) is 14.7 Å². The van der Waals surface area contributed by atoms with Crippen LogP contribution in [0.1, 0.15) is 12.0 Å². The van der Waals surface area contributed by atoms with Gasteiger partial charge in [-0.25, -0.2) is 4.79 Å². The maximum absolute atomic E-state index is 11.9. The molecule has 1 aliphatic rings. The van der Waals surface area contributed by atoms with Crippen molar-refractivity contribution in [1.29, 1.82) is 0 Å². The van der Waals surface area contributed by atoms with Crippen molar-refractivity contribution < 1.29 is 14.7 Å². The van der Waals surface area contributed by atoms with Crippen molar-refractivity contribution in [2.45, 2.75) is 18.9 Å². The molecule has 0 bridgehead atoms. The first kappa shape index (κ1) is 12.0. The van der Waals surface area contributed by atoms with E-state index in [0.717, 1.165) is 5.56 Å². The van der Waals surface area contributed by atoms with Crippen LogP contribution in [-0.2, 0) is 11.2 Å². The molecule has 0 saturated heterocycles. The third kappa shape index (κ3) is 2.15. The number of ketones is 1. The van der Waals surface area contributed by atoms with Crippen LogP contribution >= 0.6 is 12.6 Å². The lowest BCUT2D eigenvalue weighted by atomic mass is 10.1. The van der Waals surface area contributed by atoms with E-state index in [0.29, 0.717) is 24.3 Å². The molecular formula is C12H13NO3S. The number of carbonyl (C=O) groups is 2. The first-order valence-electron chi connectivity index (χ1n) is 5.38. The lowest BCUT2D eigenvalue weighted by Gasteiger charge is -2.20. The van der Waals surface area contributed by atoms with E-state index in [4.69, 9.17) is 0 Å². The Bertz CT molecular complexity index is 461. The van der Waals surface area contributed by atoms with Crippen LogP contribution < -0.4 is 4.90 Å². The van der Waals surface area contributed by atoms with Crippen molar-refractivity contribution in [2.24, 2.45) is 0 Å². The predicted molar refractivity (Wildman–Crippen MR) is 67.9 cm³/mol. The summed E-state index contributed by atoms with van der Waals surface area (Å²) in [7, 11) is 0. The Morgan fingerprint density at radius 3 is 2.76 bits per heavy atom. The molecule has 0 aromatic heterocycles. The highest BCUT2D eigenvalue weighted by Gasteiger charge is 2.37. The Morgan fingerprint density at radius 2 is 2.12 bits per heavy atom. The summed E-state index contributed by atoms with van der Waals surface area (Å²) in [5.74, 6) is 0.373. The second-order valence-electron chi connectivity index (χ2n) is 3.94. The number of hydrogen-bond acceptors (Lipinski definition) is 3. The van der Waals surface area contributed by atoms with Crippen LogP contribution in [0.4, 0.5) is 10.5 Å². The van der Waals surface area contributed by atoms with Gasteiger partial charge in [-0.2, -0.15) is 12.6 Å². The molecule has 1 atom stereocenters. The van der Waals surface area contributed by atoms with Gasteiger partial charge in [0, 0.05) is 12.8 Å². The fourth-order valence-electron chi connectivity index (χ4n) is 2.16. The lowest BCUT2D eigenvalue weighted by Crippen LogP contribution is -2.42. The van der Waals surface area contributed by atoms with Gasteiger partial charge in [0.15, 0.2) is 5.78 Å². The van der Waals surface area contributed by atoms with Crippen LogP contribution in [0.15, 0.2) is 24.3 Å². The van der Waals surface area contributed by atoms with E-state index in [1.165, 1.54) is 4.90 Å². The number of thiol groups is 1. The Morgan fingerprint density at radius 1 is 1.41 bits per heavy atom. The molecular weight excluding hydrogens is 238 g/mol. The number of rotatable bonds is 3. The molecule has 1 aromatic carbocycles. The Labute approximate surface area is 105 Å². The molecule has 0 radical (unpaired) electrons. The number of carbonyl (C=O) groups excluding carboxylic acids is 1. The molecule has 1 aromatic rings. The van der Waals surface area contributed by atoms with Gasteiger partial charge in [-0.05, 0) is 17.4 Å². The van der Waals surface area contributed by atoms with Crippen LogP contribution in [0.2, 0.25) is 0 Å². The molecule has 17 heavy (non-hydrogen) atoms. The largest absolute Gasteiger partial charge is 0.465 e. The maximum atomic E-state index is 11.9. The van der Waals surface area contributed by atoms with E-state index in [1.54, 1.807) is 12.1 Å². The second-order valence-corrected chi connectivity index (χ2v) is 4.39. The molecule has 0 spiro atoms. The smallest absolute Gasteiger partial charge is 0.412 e. The normalized spacial score (nSPS) is 17.9. The zero-order valence-corrected chi connectivity index (χ0v) is 10.1. The molecule has 2 rings (SSSR count). The van der Waals surface area contributed by atoms with Gasteiger partial charge in [0.05, 0.1) is 5.69 Å². The number of nitrogens with zero attached hydrogens (tertiary/aromatic N) is 1. The number of benzene rings is 1. The van der Waals surface area contributed by atoms with Crippen LogP contribution in [0.5, 0.6) is 0 Å². The number of hydrogen-bond donors (Lipinski definition) is 2. The average Bonchev–Trinajstić information content (AvgIpc) is 2.68. The minimum Gasteiger partial charge on any atom is -0.465 e. The predicted octanol–water partition coefficient (Wildman–Crippen LogP) is 1.98. The van der Waals surface area contributed by atoms with Gasteiger partial charge in [0.1, 0.15) is 6.04 Å².